The predicted molar refractivity (Wildman–Crippen MR) is 85.3 cm³/mol. The molecule has 9 nitrogen and oxygen atoms in total. The van der Waals surface area contributed by atoms with Crippen LogP contribution in [0.25, 0.3) is 11.4 Å². The first-order chi connectivity index (χ1) is 11.6. The molecule has 0 aliphatic carbocycles. The monoisotopic (exact) mass is 326 g/mol. The lowest BCUT2D eigenvalue weighted by molar-refractivity contribution is -0.121. The van der Waals surface area contributed by atoms with Crippen molar-refractivity contribution in [2.45, 2.75) is 37.9 Å². The number of carbonyl (C=O) groups is 1. The van der Waals surface area contributed by atoms with Crippen LogP contribution >= 0.6 is 0 Å². The van der Waals surface area contributed by atoms with E-state index in [4.69, 9.17) is 6.42 Å². The molecule has 3 heterocycles. The Morgan fingerprint density at radius 3 is 2.92 bits per heavy atom. The zero-order valence-electron chi connectivity index (χ0n) is 13.4. The second-order valence-electron chi connectivity index (χ2n) is 5.62. The van der Waals surface area contributed by atoms with Gasteiger partial charge in [-0.1, -0.05) is 0 Å². The largest absolute Gasteiger partial charge is 0.350 e. The van der Waals surface area contributed by atoms with E-state index in [2.05, 4.69) is 42.0 Å². The quantitative estimate of drug-likeness (QED) is 0.709. The van der Waals surface area contributed by atoms with Gasteiger partial charge in [-0.25, -0.2) is 0 Å². The van der Waals surface area contributed by atoms with Gasteiger partial charge in [0.1, 0.15) is 11.4 Å². The summed E-state index contributed by atoms with van der Waals surface area (Å²) < 4.78 is 1.70. The van der Waals surface area contributed by atoms with E-state index < -0.39 is 5.66 Å². The minimum absolute atomic E-state index is 0.0775. The number of carbonyl (C=O) groups excluding carboxylic acids is 1. The number of H-pyrrole nitrogens is 1. The third kappa shape index (κ3) is 3.48. The van der Waals surface area contributed by atoms with Crippen LogP contribution in [0.5, 0.6) is 0 Å². The number of hydrogen-bond donors (Lipinski definition) is 2. The Hall–Kier alpha value is -3.02. The molecule has 0 aromatic carbocycles. The summed E-state index contributed by atoms with van der Waals surface area (Å²) in [7, 11) is 1.82. The van der Waals surface area contributed by atoms with E-state index in [0.29, 0.717) is 43.6 Å². The SMILES string of the molecule is C#CCCC1(CCC(=O)NCc2n[nH]nc2-c2ccnn2C)N=N1. The average Bonchev–Trinajstić information content (AvgIpc) is 2.98. The van der Waals surface area contributed by atoms with Crippen LogP contribution in [0.4, 0.5) is 0 Å². The summed E-state index contributed by atoms with van der Waals surface area (Å²) in [5.41, 5.74) is 1.73. The lowest BCUT2D eigenvalue weighted by Gasteiger charge is -2.09. The van der Waals surface area contributed by atoms with Gasteiger partial charge in [0.2, 0.25) is 5.91 Å². The van der Waals surface area contributed by atoms with Crippen molar-refractivity contribution in [3.63, 3.8) is 0 Å². The summed E-state index contributed by atoms with van der Waals surface area (Å²) in [5.74, 6) is 2.50. The molecule has 0 atom stereocenters. The van der Waals surface area contributed by atoms with E-state index in [1.165, 1.54) is 0 Å². The predicted octanol–water partition coefficient (Wildman–Crippen LogP) is 1.18. The molecule has 0 fully saturated rings. The van der Waals surface area contributed by atoms with Gasteiger partial charge in [0.15, 0.2) is 5.66 Å². The van der Waals surface area contributed by atoms with Crippen LogP contribution in [-0.2, 0) is 18.4 Å². The number of nitrogens with zero attached hydrogens (tertiary/aromatic N) is 6. The van der Waals surface area contributed by atoms with Gasteiger partial charge in [-0.05, 0) is 6.07 Å². The van der Waals surface area contributed by atoms with Gasteiger partial charge >= 0.3 is 0 Å². The van der Waals surface area contributed by atoms with Gasteiger partial charge in [-0.15, -0.1) is 12.3 Å². The Balaban J connectivity index is 1.50. The molecule has 2 aromatic heterocycles. The first-order valence-corrected chi connectivity index (χ1v) is 7.66. The number of terminal acetylenes is 1. The van der Waals surface area contributed by atoms with E-state index >= 15 is 0 Å². The maximum Gasteiger partial charge on any atom is 0.220 e. The van der Waals surface area contributed by atoms with Gasteiger partial charge in [-0.3, -0.25) is 9.48 Å². The zero-order valence-corrected chi connectivity index (χ0v) is 13.4. The molecule has 0 unspecified atom stereocenters. The van der Waals surface area contributed by atoms with Crippen LogP contribution in [0.3, 0.4) is 0 Å². The first-order valence-electron chi connectivity index (χ1n) is 7.66. The van der Waals surface area contributed by atoms with Crippen LogP contribution in [0.2, 0.25) is 0 Å². The van der Waals surface area contributed by atoms with E-state index in [1.807, 2.05) is 13.1 Å². The standard InChI is InChI=1S/C15H18N8O/c1-3-4-7-15(20-21-15)8-5-13(24)16-10-11-14(19-22-18-11)12-6-9-17-23(12)2/h1,6,9H,4-5,7-8,10H2,2H3,(H,16,24)(H,18,19,22). The molecule has 3 rings (SSSR count). The Labute approximate surface area is 138 Å². The highest BCUT2D eigenvalue weighted by molar-refractivity contribution is 5.76. The maximum atomic E-state index is 12.0. The van der Waals surface area contributed by atoms with Gasteiger partial charge in [0.25, 0.3) is 0 Å². The highest BCUT2D eigenvalue weighted by Crippen LogP contribution is 2.37. The first kappa shape index (κ1) is 15.9. The summed E-state index contributed by atoms with van der Waals surface area (Å²) in [6.45, 7) is 0.293. The van der Waals surface area contributed by atoms with E-state index in [1.54, 1.807) is 10.9 Å². The molecule has 0 saturated heterocycles. The number of aryl methyl sites for hydroxylation is 1. The molecule has 2 N–H and O–H groups in total. The lowest BCUT2D eigenvalue weighted by Crippen LogP contribution is -2.25. The summed E-state index contributed by atoms with van der Waals surface area (Å²) >= 11 is 0. The Kier molecular flexibility index (Phi) is 4.37. The number of nitrogens with one attached hydrogen (secondary N) is 2. The molecule has 0 radical (unpaired) electrons. The third-order valence-electron chi connectivity index (χ3n) is 3.94. The molecular weight excluding hydrogens is 308 g/mol. The van der Waals surface area contributed by atoms with E-state index in [9.17, 15) is 4.79 Å². The van der Waals surface area contributed by atoms with Crippen molar-refractivity contribution in [2.75, 3.05) is 0 Å². The van der Waals surface area contributed by atoms with Crippen LogP contribution in [-0.4, -0.2) is 36.8 Å². The van der Waals surface area contributed by atoms with Crippen LogP contribution in [0, 0.1) is 12.3 Å². The van der Waals surface area contributed by atoms with Crippen molar-refractivity contribution >= 4 is 5.91 Å². The molecule has 124 valence electrons. The fourth-order valence-electron chi connectivity index (χ4n) is 2.44. The van der Waals surface area contributed by atoms with Gasteiger partial charge in [-0.2, -0.15) is 30.7 Å². The van der Waals surface area contributed by atoms with Crippen molar-refractivity contribution in [1.82, 2.24) is 30.5 Å². The topological polar surface area (TPSA) is 113 Å². The minimum Gasteiger partial charge on any atom is -0.350 e. The van der Waals surface area contributed by atoms with Crippen LogP contribution in [0.15, 0.2) is 22.5 Å². The minimum atomic E-state index is -0.433. The van der Waals surface area contributed by atoms with Crippen molar-refractivity contribution in [3.05, 3.63) is 18.0 Å². The molecule has 0 spiro atoms. The molecular formula is C15H18N8O. The lowest BCUT2D eigenvalue weighted by atomic mass is 10.0. The fourth-order valence-corrected chi connectivity index (χ4v) is 2.44. The summed E-state index contributed by atoms with van der Waals surface area (Å²) in [6.07, 6.45) is 9.17. The number of rotatable bonds is 8. The molecule has 1 amide bonds. The highest BCUT2D eigenvalue weighted by Gasteiger charge is 2.39. The third-order valence-corrected chi connectivity index (χ3v) is 3.94. The molecule has 0 saturated carbocycles. The zero-order chi connectivity index (χ0) is 17.0. The van der Waals surface area contributed by atoms with Crippen molar-refractivity contribution in [3.8, 4) is 23.7 Å². The summed E-state index contributed by atoms with van der Waals surface area (Å²) in [6, 6.07) is 1.84. The van der Waals surface area contributed by atoms with Crippen LogP contribution < -0.4 is 5.32 Å². The molecule has 1 aliphatic heterocycles. The Bertz CT molecular complexity index is 791. The number of hydrogen-bond acceptors (Lipinski definition) is 6. The second-order valence-corrected chi connectivity index (χ2v) is 5.62. The normalized spacial score (nSPS) is 14.3. The average molecular weight is 326 g/mol. The summed E-state index contributed by atoms with van der Waals surface area (Å²) in [4.78, 5) is 12.0. The number of aromatic amines is 1. The smallest absolute Gasteiger partial charge is 0.220 e. The number of aromatic nitrogens is 5. The van der Waals surface area contributed by atoms with Gasteiger partial charge in [0.05, 0.1) is 12.2 Å². The molecule has 1 aliphatic rings. The van der Waals surface area contributed by atoms with Crippen molar-refractivity contribution in [1.29, 1.82) is 0 Å². The Morgan fingerprint density at radius 2 is 2.25 bits per heavy atom. The van der Waals surface area contributed by atoms with Crippen molar-refractivity contribution in [2.24, 2.45) is 17.3 Å². The molecule has 24 heavy (non-hydrogen) atoms. The summed E-state index contributed by atoms with van der Waals surface area (Å²) in [5, 5.41) is 25.8. The van der Waals surface area contributed by atoms with Crippen molar-refractivity contribution < 1.29 is 4.79 Å². The molecule has 0 bridgehead atoms. The van der Waals surface area contributed by atoms with Crippen LogP contribution in [0.1, 0.15) is 31.4 Å². The fraction of sp³-hybridized carbons (Fsp3) is 0.467. The van der Waals surface area contributed by atoms with Gasteiger partial charge in [0, 0.05) is 38.9 Å². The van der Waals surface area contributed by atoms with Gasteiger partial charge < -0.3 is 5.32 Å². The molecule has 9 heteroatoms. The number of amides is 1. The maximum absolute atomic E-state index is 12.0. The Morgan fingerprint density at radius 1 is 1.42 bits per heavy atom. The molecule has 2 aromatic rings. The second kappa shape index (κ2) is 6.62. The van der Waals surface area contributed by atoms with E-state index in [-0.39, 0.29) is 5.91 Å². The van der Waals surface area contributed by atoms with E-state index in [0.717, 1.165) is 5.69 Å². The highest BCUT2D eigenvalue weighted by atomic mass is 16.1.